The third-order valence-corrected chi connectivity index (χ3v) is 6.36. The third kappa shape index (κ3) is 2.65. The Morgan fingerprint density at radius 2 is 2.12 bits per heavy atom. The highest BCUT2D eigenvalue weighted by atomic mass is 35.5. The molecule has 1 saturated heterocycles. The molecule has 2 bridgehead atoms. The summed E-state index contributed by atoms with van der Waals surface area (Å²) < 4.78 is 5.42. The quantitative estimate of drug-likeness (QED) is 0.839. The van der Waals surface area contributed by atoms with E-state index in [9.17, 15) is 4.79 Å². The molecule has 130 valence electrons. The lowest BCUT2D eigenvalue weighted by molar-refractivity contribution is -0.142. The standard InChI is InChI=1S/C19H20ClN3O2/c20-15-3-1-2-13(8-15)17-21-18(25-22-17)14-9-23(10-14)19(24)16-7-11-4-5-12(16)6-11/h1-3,8,11-12,14,16H,4-7,9-10H2/t11-,12+,16+/m1/s1. The van der Waals surface area contributed by atoms with Gasteiger partial charge < -0.3 is 9.42 Å². The molecule has 1 aliphatic heterocycles. The van der Waals surface area contributed by atoms with Crippen molar-refractivity contribution >= 4 is 17.5 Å². The molecule has 6 heteroatoms. The van der Waals surface area contributed by atoms with Gasteiger partial charge in [0.1, 0.15) is 0 Å². The summed E-state index contributed by atoms with van der Waals surface area (Å²) in [5, 5.41) is 4.71. The van der Waals surface area contributed by atoms with Gasteiger partial charge >= 0.3 is 0 Å². The van der Waals surface area contributed by atoms with Crippen molar-refractivity contribution in [2.45, 2.75) is 31.6 Å². The lowest BCUT2D eigenvalue weighted by atomic mass is 9.86. The predicted octanol–water partition coefficient (Wildman–Crippen LogP) is 3.75. The Kier molecular flexibility index (Phi) is 3.59. The molecular weight excluding hydrogens is 338 g/mol. The molecule has 2 aliphatic carbocycles. The molecule has 0 radical (unpaired) electrons. The number of rotatable bonds is 3. The van der Waals surface area contributed by atoms with Crippen LogP contribution in [0.3, 0.4) is 0 Å². The molecule has 5 nitrogen and oxygen atoms in total. The van der Waals surface area contributed by atoms with E-state index in [1.807, 2.05) is 29.2 Å². The lowest BCUT2D eigenvalue weighted by Crippen LogP contribution is -2.51. The van der Waals surface area contributed by atoms with E-state index in [0.717, 1.165) is 17.9 Å². The Bertz CT molecular complexity index is 815. The highest BCUT2D eigenvalue weighted by molar-refractivity contribution is 6.30. The number of halogens is 1. The second-order valence-corrected chi connectivity index (χ2v) is 8.12. The van der Waals surface area contributed by atoms with Crippen LogP contribution in [0.15, 0.2) is 28.8 Å². The Labute approximate surface area is 151 Å². The summed E-state index contributed by atoms with van der Waals surface area (Å²) in [5.74, 6) is 3.37. The largest absolute Gasteiger partial charge is 0.341 e. The average molecular weight is 358 g/mol. The molecule has 5 rings (SSSR count). The van der Waals surface area contributed by atoms with Crippen molar-refractivity contribution in [2.24, 2.45) is 17.8 Å². The van der Waals surface area contributed by atoms with Crippen LogP contribution in [0, 0.1) is 17.8 Å². The van der Waals surface area contributed by atoms with Crippen LogP contribution in [0.1, 0.15) is 37.5 Å². The van der Waals surface area contributed by atoms with Gasteiger partial charge in [0.2, 0.25) is 17.6 Å². The first-order valence-corrected chi connectivity index (χ1v) is 9.43. The number of carbonyl (C=O) groups is 1. The fourth-order valence-electron chi connectivity index (χ4n) is 4.74. The molecule has 0 spiro atoms. The van der Waals surface area contributed by atoms with Crippen LogP contribution in [-0.4, -0.2) is 34.0 Å². The van der Waals surface area contributed by atoms with Crippen LogP contribution in [0.2, 0.25) is 5.02 Å². The molecule has 0 unspecified atom stereocenters. The Balaban J connectivity index is 1.23. The van der Waals surface area contributed by atoms with Gasteiger partial charge in [-0.05, 0) is 43.2 Å². The molecular formula is C19H20ClN3O2. The predicted molar refractivity (Wildman–Crippen MR) is 93.0 cm³/mol. The van der Waals surface area contributed by atoms with Crippen molar-refractivity contribution in [3.8, 4) is 11.4 Å². The van der Waals surface area contributed by atoms with Gasteiger partial charge in [-0.15, -0.1) is 0 Å². The van der Waals surface area contributed by atoms with Crippen LogP contribution in [0.25, 0.3) is 11.4 Å². The Hall–Kier alpha value is -1.88. The van der Waals surface area contributed by atoms with E-state index in [4.69, 9.17) is 16.1 Å². The van der Waals surface area contributed by atoms with Gasteiger partial charge in [-0.1, -0.05) is 35.3 Å². The number of likely N-dealkylation sites (tertiary alicyclic amines) is 1. The van der Waals surface area contributed by atoms with E-state index in [0.29, 0.717) is 41.7 Å². The van der Waals surface area contributed by atoms with Crippen LogP contribution < -0.4 is 0 Å². The van der Waals surface area contributed by atoms with Crippen LogP contribution >= 0.6 is 11.6 Å². The van der Waals surface area contributed by atoms with Gasteiger partial charge in [-0.25, -0.2) is 0 Å². The minimum absolute atomic E-state index is 0.156. The van der Waals surface area contributed by atoms with E-state index in [-0.39, 0.29) is 11.8 Å². The van der Waals surface area contributed by atoms with Gasteiger partial charge in [0.25, 0.3) is 0 Å². The normalized spacial score (nSPS) is 28.4. The number of nitrogens with zero attached hydrogens (tertiary/aromatic N) is 3. The minimum Gasteiger partial charge on any atom is -0.341 e. The average Bonchev–Trinajstić information content (AvgIpc) is 3.30. The first kappa shape index (κ1) is 15.4. The van der Waals surface area contributed by atoms with Crippen LogP contribution in [0.5, 0.6) is 0 Å². The topological polar surface area (TPSA) is 59.2 Å². The van der Waals surface area contributed by atoms with E-state index in [1.165, 1.54) is 19.3 Å². The monoisotopic (exact) mass is 357 g/mol. The molecule has 3 fully saturated rings. The maximum Gasteiger partial charge on any atom is 0.233 e. The van der Waals surface area contributed by atoms with Gasteiger partial charge in [0.05, 0.1) is 5.92 Å². The van der Waals surface area contributed by atoms with Crippen molar-refractivity contribution in [3.63, 3.8) is 0 Å². The van der Waals surface area contributed by atoms with Gasteiger partial charge in [-0.2, -0.15) is 4.98 Å². The van der Waals surface area contributed by atoms with E-state index in [2.05, 4.69) is 10.1 Å². The zero-order valence-corrected chi connectivity index (χ0v) is 14.7. The maximum atomic E-state index is 12.7. The van der Waals surface area contributed by atoms with Crippen molar-refractivity contribution < 1.29 is 9.32 Å². The van der Waals surface area contributed by atoms with Crippen molar-refractivity contribution in [1.82, 2.24) is 15.0 Å². The minimum atomic E-state index is 0.156. The van der Waals surface area contributed by atoms with Crippen molar-refractivity contribution in [1.29, 1.82) is 0 Å². The number of aromatic nitrogens is 2. The molecule has 1 aromatic heterocycles. The molecule has 25 heavy (non-hydrogen) atoms. The van der Waals surface area contributed by atoms with Crippen molar-refractivity contribution in [3.05, 3.63) is 35.2 Å². The van der Waals surface area contributed by atoms with E-state index in [1.54, 1.807) is 0 Å². The number of amides is 1. The molecule has 0 N–H and O–H groups in total. The SMILES string of the molecule is O=C([C@H]1C[C@@H]2CC[C@H]1C2)N1CC(c2nc(-c3cccc(Cl)c3)no2)C1. The lowest BCUT2D eigenvalue weighted by Gasteiger charge is -2.40. The second-order valence-electron chi connectivity index (χ2n) is 7.69. The zero-order valence-electron chi connectivity index (χ0n) is 13.9. The first-order chi connectivity index (χ1) is 12.2. The second kappa shape index (κ2) is 5.84. The molecule has 1 aromatic carbocycles. The molecule has 2 aromatic rings. The summed E-state index contributed by atoms with van der Waals surface area (Å²) in [6.45, 7) is 1.40. The number of hydrogen-bond acceptors (Lipinski definition) is 4. The molecule has 1 amide bonds. The summed E-state index contributed by atoms with van der Waals surface area (Å²) in [4.78, 5) is 19.2. The maximum absolute atomic E-state index is 12.7. The zero-order chi connectivity index (χ0) is 17.0. The fraction of sp³-hybridized carbons (Fsp3) is 0.526. The summed E-state index contributed by atoms with van der Waals surface area (Å²) in [7, 11) is 0. The molecule has 3 atom stereocenters. The molecule has 2 heterocycles. The Morgan fingerprint density at radius 1 is 1.24 bits per heavy atom. The smallest absolute Gasteiger partial charge is 0.233 e. The van der Waals surface area contributed by atoms with Gasteiger partial charge in [0.15, 0.2) is 0 Å². The first-order valence-electron chi connectivity index (χ1n) is 9.05. The van der Waals surface area contributed by atoms with E-state index < -0.39 is 0 Å². The van der Waals surface area contributed by atoms with Crippen molar-refractivity contribution in [2.75, 3.05) is 13.1 Å². The number of benzene rings is 1. The van der Waals surface area contributed by atoms with Crippen LogP contribution in [0.4, 0.5) is 0 Å². The molecule has 2 saturated carbocycles. The third-order valence-electron chi connectivity index (χ3n) is 6.12. The van der Waals surface area contributed by atoms with Gasteiger partial charge in [0, 0.05) is 29.6 Å². The number of carbonyl (C=O) groups excluding carboxylic acids is 1. The van der Waals surface area contributed by atoms with Gasteiger partial charge in [-0.3, -0.25) is 4.79 Å². The Morgan fingerprint density at radius 3 is 2.84 bits per heavy atom. The number of fused-ring (bicyclic) bond motifs is 2. The fourth-order valence-corrected chi connectivity index (χ4v) is 4.93. The summed E-state index contributed by atoms with van der Waals surface area (Å²) in [6.07, 6.45) is 4.93. The van der Waals surface area contributed by atoms with Crippen LogP contribution in [-0.2, 0) is 4.79 Å². The summed E-state index contributed by atoms with van der Waals surface area (Å²) in [5.41, 5.74) is 0.844. The summed E-state index contributed by atoms with van der Waals surface area (Å²) >= 11 is 6.02. The molecule has 3 aliphatic rings. The highest BCUT2D eigenvalue weighted by Crippen LogP contribution is 2.49. The highest BCUT2D eigenvalue weighted by Gasteiger charge is 2.47. The van der Waals surface area contributed by atoms with E-state index >= 15 is 0 Å². The number of hydrogen-bond donors (Lipinski definition) is 0. The summed E-state index contributed by atoms with van der Waals surface area (Å²) in [6, 6.07) is 7.41.